The first-order chi connectivity index (χ1) is 34.2. The molecule has 5 unspecified atom stereocenters. The predicted octanol–water partition coefficient (Wildman–Crippen LogP) is 4.65. The molecule has 10 atom stereocenters. The second kappa shape index (κ2) is 32.0. The van der Waals surface area contributed by atoms with E-state index in [0.717, 1.165) is 37.6 Å². The number of thioether (sulfide) groups is 2. The summed E-state index contributed by atoms with van der Waals surface area (Å²) in [5, 5.41) is 42.7. The molecule has 0 aromatic carbocycles. The molecule has 0 saturated carbocycles. The molecular weight excluding hydrogens is 1050 g/mol. The Morgan fingerprint density at radius 2 is 1.55 bits per heavy atom. The van der Waals surface area contributed by atoms with Crippen LogP contribution in [0.15, 0.2) is 29.4 Å². The number of carbonyl (C=O) groups is 7. The van der Waals surface area contributed by atoms with E-state index in [1.807, 2.05) is 19.1 Å². The van der Waals surface area contributed by atoms with Gasteiger partial charge < -0.3 is 58.5 Å². The lowest BCUT2D eigenvalue weighted by molar-refractivity contribution is -0.343. The van der Waals surface area contributed by atoms with Crippen LogP contribution in [0, 0.1) is 22.2 Å². The van der Waals surface area contributed by atoms with Gasteiger partial charge in [-0.1, -0.05) is 67.9 Å². The van der Waals surface area contributed by atoms with Crippen molar-refractivity contribution in [1.82, 2.24) is 10.3 Å². The number of nitrogens with zero attached hydrogens (tertiary/aromatic N) is 2. The van der Waals surface area contributed by atoms with E-state index in [1.165, 1.54) is 47.2 Å². The summed E-state index contributed by atoms with van der Waals surface area (Å²) >= 11 is 8.09. The van der Waals surface area contributed by atoms with E-state index in [4.69, 9.17) is 50.1 Å². The molecular formula is C46H68BN3O18S5. The van der Waals surface area contributed by atoms with Gasteiger partial charge >= 0.3 is 35.8 Å². The number of nitrogens with one attached hydrogen (secondary N) is 1. The number of esters is 5. The topological polar surface area (TPSA) is 303 Å². The Bertz CT molecular complexity index is 2060. The number of carbonyl (C=O) groups excluding carboxylic acids is 6. The zero-order valence-electron chi connectivity index (χ0n) is 42.6. The summed E-state index contributed by atoms with van der Waals surface area (Å²) in [5.41, 5.74) is -2.81. The molecule has 2 heterocycles. The van der Waals surface area contributed by atoms with Crippen LogP contribution in [-0.4, -0.2) is 166 Å². The van der Waals surface area contributed by atoms with Crippen LogP contribution in [0.3, 0.4) is 0 Å². The number of carboxylic acids is 1. The van der Waals surface area contributed by atoms with Gasteiger partial charge in [0.05, 0.1) is 37.4 Å². The lowest BCUT2D eigenvalue weighted by atomic mass is 9.43. The minimum Gasteiger partial charge on any atom is -0.481 e. The van der Waals surface area contributed by atoms with Crippen LogP contribution in [0.5, 0.6) is 0 Å². The molecule has 1 aliphatic heterocycles. The standard InChI is InChI=1S/C46H68BN3O18S5/c1-10-70-42(69)72-46(9,41(60)64-21-22-71-73-32-13-11-12-16-49-32)25-44(7,39(58)50-23-28(2)51)26-47-45(8,24-43(6,27-48)15-14-33(55)56)40(59)63-20-18-61-17-19-62-38-36(67-31(5)54)34(65-29(3)52)35(37(57)68-38)66-30(4)53/h11-13,16,28,34-38,47,51,57H,10,14-15,17-26H2,1-9H3,(H,50,58)(H,55,56)/t28?,34-,35+,36-,37-,38+,43?,44?,45?,46?/m0/s1. The average molecular weight is 1120 g/mol. The lowest BCUT2D eigenvalue weighted by Gasteiger charge is -2.42. The van der Waals surface area contributed by atoms with E-state index >= 15 is 0 Å². The number of pyridine rings is 1. The van der Waals surface area contributed by atoms with E-state index in [9.17, 15) is 54.1 Å². The van der Waals surface area contributed by atoms with Crippen molar-refractivity contribution in [3.05, 3.63) is 24.4 Å². The van der Waals surface area contributed by atoms with Crippen molar-refractivity contribution in [2.45, 2.75) is 146 Å². The normalized spacial score (nSPS) is 21.2. The molecule has 1 aliphatic rings. The van der Waals surface area contributed by atoms with E-state index < -0.39 is 99.6 Å². The molecule has 1 fully saturated rings. The Balaban J connectivity index is 2.34. The number of amides is 1. The first-order valence-corrected chi connectivity index (χ1v) is 27.8. The predicted molar refractivity (Wildman–Crippen MR) is 278 cm³/mol. The largest absolute Gasteiger partial charge is 0.481 e. The van der Waals surface area contributed by atoms with E-state index in [0.29, 0.717) is 15.0 Å². The maximum absolute atomic E-state index is 14.3. The summed E-state index contributed by atoms with van der Waals surface area (Å²) in [6, 6.07) is 7.69. The first-order valence-electron chi connectivity index (χ1n) is 23.3. The number of hydrogen-bond acceptors (Lipinski definition) is 24. The zero-order chi connectivity index (χ0) is 55.0. The van der Waals surface area contributed by atoms with Crippen molar-refractivity contribution >= 4 is 110 Å². The highest BCUT2D eigenvalue weighted by atomic mass is 33.1. The molecule has 0 aliphatic carbocycles. The molecule has 408 valence electrons. The molecule has 2 rings (SSSR count). The number of aliphatic carboxylic acids is 1. The summed E-state index contributed by atoms with van der Waals surface area (Å²) in [6.45, 7) is 11.9. The maximum Gasteiger partial charge on any atom is 0.322 e. The van der Waals surface area contributed by atoms with Crippen molar-refractivity contribution in [1.29, 1.82) is 5.26 Å². The molecule has 73 heavy (non-hydrogen) atoms. The van der Waals surface area contributed by atoms with E-state index in [2.05, 4.69) is 16.4 Å². The van der Waals surface area contributed by atoms with E-state index in [-0.39, 0.29) is 78.9 Å². The van der Waals surface area contributed by atoms with Crippen molar-refractivity contribution in [3.8, 4) is 6.07 Å². The Morgan fingerprint density at radius 3 is 2.14 bits per heavy atom. The minimum atomic E-state index is -1.85. The number of carboxylic acid groups (broad SMARTS) is 1. The van der Waals surface area contributed by atoms with Crippen molar-refractivity contribution < 1.29 is 86.8 Å². The van der Waals surface area contributed by atoms with Gasteiger partial charge in [0.1, 0.15) is 33.8 Å². The monoisotopic (exact) mass is 1120 g/mol. The van der Waals surface area contributed by atoms with Gasteiger partial charge in [0.2, 0.25) is 12.2 Å². The summed E-state index contributed by atoms with van der Waals surface area (Å²) in [5.74, 6) is -4.58. The lowest BCUT2D eigenvalue weighted by Crippen LogP contribution is -2.62. The molecule has 0 radical (unpaired) electrons. The Labute approximate surface area is 448 Å². The van der Waals surface area contributed by atoms with Crippen molar-refractivity contribution in [3.63, 3.8) is 0 Å². The van der Waals surface area contributed by atoms with Crippen LogP contribution in [0.2, 0.25) is 11.6 Å². The van der Waals surface area contributed by atoms with Crippen molar-refractivity contribution in [2.75, 3.05) is 51.1 Å². The Hall–Kier alpha value is -3.72. The molecule has 1 amide bonds. The van der Waals surface area contributed by atoms with Crippen molar-refractivity contribution in [2.24, 2.45) is 10.8 Å². The van der Waals surface area contributed by atoms with Crippen LogP contribution in [-0.2, 0) is 71.5 Å². The highest BCUT2D eigenvalue weighted by Gasteiger charge is 2.53. The summed E-state index contributed by atoms with van der Waals surface area (Å²) in [7, 11) is 2.77. The number of hydrogen-bond donors (Lipinski definition) is 4. The number of aliphatic hydroxyl groups excluding tert-OH is 2. The molecule has 4 N–H and O–H groups in total. The summed E-state index contributed by atoms with van der Waals surface area (Å²) in [6.07, 6.45) is -8.08. The molecule has 27 heteroatoms. The van der Waals surface area contributed by atoms with Crippen LogP contribution in [0.25, 0.3) is 0 Å². The van der Waals surface area contributed by atoms with Gasteiger partial charge in [-0.05, 0) is 68.7 Å². The fourth-order valence-electron chi connectivity index (χ4n) is 7.60. The second-order valence-corrected chi connectivity index (χ2v) is 24.5. The van der Waals surface area contributed by atoms with Crippen LogP contribution in [0.1, 0.15) is 88.0 Å². The van der Waals surface area contributed by atoms with Gasteiger partial charge in [-0.2, -0.15) is 5.26 Å². The third-order valence-corrected chi connectivity index (χ3v) is 15.9. The third kappa shape index (κ3) is 23.4. The quantitative estimate of drug-likeness (QED) is 0.0191. The van der Waals surface area contributed by atoms with Gasteiger partial charge in [0.25, 0.3) is 0 Å². The number of rotatable bonds is 32. The Morgan fingerprint density at radius 1 is 0.918 bits per heavy atom. The minimum absolute atomic E-state index is 0.0366. The molecule has 1 aromatic rings. The average Bonchev–Trinajstić information content (AvgIpc) is 3.31. The van der Waals surface area contributed by atoms with Gasteiger partial charge in [-0.3, -0.25) is 33.6 Å². The van der Waals surface area contributed by atoms with Gasteiger partial charge in [-0.25, -0.2) is 4.98 Å². The SMILES string of the molecule is CCSC(=S)SC(C)(CC(C)(CBC(C)(CC(C)(C#N)CCC(=O)O)C(=O)OCCOCCO[C@@H]1O[C@H](O)[C@H](OC(C)=O)[C@H](OC(C)=O)[C@@H]1OC(C)=O)C(=O)NCC(C)O)C(=O)OCCSSc1ccccn1. The van der Waals surface area contributed by atoms with Crippen LogP contribution in [0.4, 0.5) is 0 Å². The van der Waals surface area contributed by atoms with Crippen LogP contribution < -0.4 is 5.32 Å². The molecule has 0 bridgehead atoms. The molecule has 0 spiro atoms. The smallest absolute Gasteiger partial charge is 0.322 e. The number of aliphatic hydroxyl groups is 2. The number of aromatic nitrogens is 1. The highest BCUT2D eigenvalue weighted by molar-refractivity contribution is 8.76. The second-order valence-electron chi connectivity index (χ2n) is 18.1. The highest BCUT2D eigenvalue weighted by Crippen LogP contribution is 2.48. The maximum atomic E-state index is 14.3. The van der Waals surface area contributed by atoms with Gasteiger partial charge in [-0.15, -0.1) is 11.8 Å². The van der Waals surface area contributed by atoms with E-state index in [1.54, 1.807) is 33.0 Å². The molecule has 21 nitrogen and oxygen atoms in total. The fourth-order valence-corrected chi connectivity index (χ4v) is 12.5. The van der Waals surface area contributed by atoms with Gasteiger partial charge in [0, 0.05) is 56.4 Å². The molecule has 1 saturated heterocycles. The van der Waals surface area contributed by atoms with Gasteiger partial charge in [0.15, 0.2) is 24.6 Å². The number of thiocarbonyl (C=S) groups is 1. The Kier molecular flexibility index (Phi) is 28.7. The third-order valence-electron chi connectivity index (χ3n) is 11.0. The number of ether oxygens (including phenoxy) is 8. The fraction of sp³-hybridized carbons (Fsp3) is 0.696. The van der Waals surface area contributed by atoms with Crippen LogP contribution >= 0.6 is 57.3 Å². The summed E-state index contributed by atoms with van der Waals surface area (Å²) in [4.78, 5) is 94.4. The molecule has 1 aromatic heterocycles. The zero-order valence-corrected chi connectivity index (χ0v) is 46.7. The summed E-state index contributed by atoms with van der Waals surface area (Å²) < 4.78 is 42.9. The first kappa shape index (κ1) is 65.4. The number of nitriles is 1.